The van der Waals surface area contributed by atoms with Crippen LogP contribution in [0.15, 0.2) is 71.5 Å². The van der Waals surface area contributed by atoms with Crippen molar-refractivity contribution in [1.82, 2.24) is 5.32 Å². The van der Waals surface area contributed by atoms with E-state index in [9.17, 15) is 9.59 Å². The van der Waals surface area contributed by atoms with Gasteiger partial charge in [0.05, 0.1) is 13.2 Å². The van der Waals surface area contributed by atoms with Crippen LogP contribution in [-0.4, -0.2) is 36.2 Å². The van der Waals surface area contributed by atoms with Crippen molar-refractivity contribution < 1.29 is 23.7 Å². The third-order valence-corrected chi connectivity index (χ3v) is 7.54. The Hall–Kier alpha value is -3.90. The number of benzene rings is 3. The van der Waals surface area contributed by atoms with Crippen LogP contribution in [0.4, 0.5) is 4.79 Å². The fourth-order valence-electron chi connectivity index (χ4n) is 4.29. The highest BCUT2D eigenvalue weighted by molar-refractivity contribution is 7.24. The Bertz CT molecular complexity index is 1700. The van der Waals surface area contributed by atoms with Crippen LogP contribution >= 0.6 is 11.3 Å². The van der Waals surface area contributed by atoms with Crippen LogP contribution in [0.25, 0.3) is 20.2 Å². The summed E-state index contributed by atoms with van der Waals surface area (Å²) < 4.78 is 24.8. The van der Waals surface area contributed by atoms with Crippen LogP contribution in [0.3, 0.4) is 0 Å². The lowest BCUT2D eigenvalue weighted by molar-refractivity contribution is -0.262. The minimum atomic E-state index is -1.10. The van der Waals surface area contributed by atoms with Gasteiger partial charge in [-0.1, -0.05) is 42.2 Å². The first-order valence-corrected chi connectivity index (χ1v) is 14.2. The van der Waals surface area contributed by atoms with E-state index in [1.807, 2.05) is 62.4 Å². The molecule has 0 spiro atoms. The average Bonchev–Trinajstić information content (AvgIpc) is 2.92. The predicted octanol–water partition coefficient (Wildman–Crippen LogP) is 6.39. The Morgan fingerprint density at radius 2 is 1.71 bits per heavy atom. The lowest BCUT2D eigenvalue weighted by Crippen LogP contribution is -2.60. The van der Waals surface area contributed by atoms with Gasteiger partial charge in [0.1, 0.15) is 18.0 Å². The Balaban J connectivity index is 1.42. The average molecular weight is 572 g/mol. The molecule has 0 aliphatic carbocycles. The molecule has 2 heterocycles. The number of alkyl carbamates (subject to hydrolysis) is 1. The maximum atomic E-state index is 13.4. The van der Waals surface area contributed by atoms with Crippen molar-refractivity contribution in [2.24, 2.45) is 0 Å². The second-order valence-corrected chi connectivity index (χ2v) is 12.6. The summed E-state index contributed by atoms with van der Waals surface area (Å²) in [6.07, 6.45) is -0.603. The van der Waals surface area contributed by atoms with Crippen LogP contribution in [-0.2, 0) is 20.8 Å². The van der Waals surface area contributed by atoms with Gasteiger partial charge in [0.25, 0.3) is 0 Å². The normalized spacial score (nSPS) is 16.0. The zero-order chi connectivity index (χ0) is 29.3. The molecule has 1 aliphatic rings. The Morgan fingerprint density at radius 3 is 2.41 bits per heavy atom. The van der Waals surface area contributed by atoms with E-state index in [4.69, 9.17) is 18.9 Å². The van der Waals surface area contributed by atoms with Gasteiger partial charge in [-0.05, 0) is 76.6 Å². The molecule has 0 saturated carbocycles. The lowest BCUT2D eigenvalue weighted by atomic mass is 10.00. The molecule has 1 N–H and O–H groups in total. The molecule has 1 saturated heterocycles. The monoisotopic (exact) mass is 571 g/mol. The summed E-state index contributed by atoms with van der Waals surface area (Å²) in [4.78, 5) is 26.0. The van der Waals surface area contributed by atoms with E-state index >= 15 is 0 Å². The quantitative estimate of drug-likeness (QED) is 0.226. The molecule has 1 aromatic heterocycles. The third kappa shape index (κ3) is 7.06. The van der Waals surface area contributed by atoms with Crippen LogP contribution in [0.2, 0.25) is 0 Å². The SMILES string of the molecule is CC(C)(C)OC(=O)NC1(C#Cc2ccc3c(=O)c4cc(OCc5ccccc5)ccc4sc3c2)COC(C)(C)OC1. The van der Waals surface area contributed by atoms with Gasteiger partial charge in [0.2, 0.25) is 0 Å². The molecule has 0 atom stereocenters. The summed E-state index contributed by atoms with van der Waals surface area (Å²) in [5.74, 6) is 6.17. The van der Waals surface area contributed by atoms with Gasteiger partial charge < -0.3 is 24.3 Å². The zero-order valence-corrected chi connectivity index (χ0v) is 24.6. The number of hydrogen-bond acceptors (Lipinski definition) is 7. The number of fused-ring (bicyclic) bond motifs is 2. The van der Waals surface area contributed by atoms with E-state index in [2.05, 4.69) is 17.2 Å². The van der Waals surface area contributed by atoms with Gasteiger partial charge in [0, 0.05) is 25.7 Å². The Morgan fingerprint density at radius 1 is 0.976 bits per heavy atom. The third-order valence-electron chi connectivity index (χ3n) is 6.41. The molecular formula is C33H33NO6S. The number of nitrogens with one attached hydrogen (secondary N) is 1. The molecular weight excluding hydrogens is 538 g/mol. The van der Waals surface area contributed by atoms with Gasteiger partial charge in [0.15, 0.2) is 16.8 Å². The Labute approximate surface area is 243 Å². The van der Waals surface area contributed by atoms with Gasteiger partial charge in [-0.15, -0.1) is 11.3 Å². The molecule has 0 radical (unpaired) electrons. The fourth-order valence-corrected chi connectivity index (χ4v) is 5.38. The molecule has 5 rings (SSSR count). The number of rotatable bonds is 4. The van der Waals surface area contributed by atoms with Crippen molar-refractivity contribution in [3.63, 3.8) is 0 Å². The first-order valence-electron chi connectivity index (χ1n) is 13.4. The summed E-state index contributed by atoms with van der Waals surface area (Å²) in [7, 11) is 0. The van der Waals surface area contributed by atoms with Crippen molar-refractivity contribution in [1.29, 1.82) is 0 Å². The van der Waals surface area contributed by atoms with E-state index in [0.29, 0.717) is 28.7 Å². The minimum Gasteiger partial charge on any atom is -0.489 e. The molecule has 212 valence electrons. The largest absolute Gasteiger partial charge is 0.489 e. The summed E-state index contributed by atoms with van der Waals surface area (Å²) in [6, 6.07) is 21.0. The molecule has 41 heavy (non-hydrogen) atoms. The van der Waals surface area contributed by atoms with Crippen LogP contribution in [0, 0.1) is 11.8 Å². The summed E-state index contributed by atoms with van der Waals surface area (Å²) >= 11 is 1.52. The smallest absolute Gasteiger partial charge is 0.409 e. The van der Waals surface area contributed by atoms with Crippen molar-refractivity contribution >= 4 is 37.6 Å². The molecule has 7 nitrogen and oxygen atoms in total. The predicted molar refractivity (Wildman–Crippen MR) is 161 cm³/mol. The number of hydrogen-bond donors (Lipinski definition) is 1. The first kappa shape index (κ1) is 28.6. The highest BCUT2D eigenvalue weighted by Gasteiger charge is 2.41. The van der Waals surface area contributed by atoms with E-state index in [1.165, 1.54) is 11.3 Å². The first-order chi connectivity index (χ1) is 19.4. The number of ether oxygens (including phenoxy) is 4. The molecule has 8 heteroatoms. The van der Waals surface area contributed by atoms with Crippen LogP contribution in [0.1, 0.15) is 45.7 Å². The number of carbonyl (C=O) groups is 1. The molecule has 1 aliphatic heterocycles. The summed E-state index contributed by atoms with van der Waals surface area (Å²) in [5, 5.41) is 4.08. The zero-order valence-electron chi connectivity index (χ0n) is 23.8. The standard InChI is InChI=1S/C33H33NO6S/c1-31(2,3)40-30(36)34-33(20-38-32(4,5)39-21-33)16-15-22-11-13-25-28(17-22)41-27-14-12-24(18-26(27)29(25)35)37-19-23-9-7-6-8-10-23/h6-14,17-18H,19-21H2,1-5H3,(H,34,36). The minimum absolute atomic E-state index is 0.0576. The highest BCUT2D eigenvalue weighted by Crippen LogP contribution is 2.29. The summed E-state index contributed by atoms with van der Waals surface area (Å²) in [5.41, 5.74) is -0.0624. The molecule has 3 aromatic carbocycles. The summed E-state index contributed by atoms with van der Waals surface area (Å²) in [6.45, 7) is 9.70. The Kier molecular flexibility index (Phi) is 7.80. The maximum Gasteiger partial charge on any atom is 0.409 e. The van der Waals surface area contributed by atoms with Gasteiger partial charge in [-0.3, -0.25) is 4.79 Å². The van der Waals surface area contributed by atoms with Crippen molar-refractivity contribution in [3.8, 4) is 17.6 Å². The number of carbonyl (C=O) groups excluding carboxylic acids is 1. The fraction of sp³-hybridized carbons (Fsp3) is 0.333. The molecule has 0 unspecified atom stereocenters. The highest BCUT2D eigenvalue weighted by atomic mass is 32.1. The molecule has 1 amide bonds. The molecule has 1 fully saturated rings. The van der Waals surface area contributed by atoms with Gasteiger partial charge >= 0.3 is 6.09 Å². The maximum absolute atomic E-state index is 13.4. The number of amides is 1. The van der Waals surface area contributed by atoms with E-state index < -0.39 is 23.0 Å². The second kappa shape index (κ2) is 11.2. The van der Waals surface area contributed by atoms with Crippen LogP contribution < -0.4 is 15.5 Å². The van der Waals surface area contributed by atoms with E-state index in [-0.39, 0.29) is 18.6 Å². The lowest BCUT2D eigenvalue weighted by Gasteiger charge is -2.41. The molecule has 4 aromatic rings. The van der Waals surface area contributed by atoms with Crippen molar-refractivity contribution in [2.75, 3.05) is 13.2 Å². The van der Waals surface area contributed by atoms with Crippen molar-refractivity contribution in [3.05, 3.63) is 88.1 Å². The van der Waals surface area contributed by atoms with E-state index in [0.717, 1.165) is 15.0 Å². The van der Waals surface area contributed by atoms with Gasteiger partial charge in [-0.25, -0.2) is 4.79 Å². The van der Waals surface area contributed by atoms with Crippen LogP contribution in [0.5, 0.6) is 5.75 Å². The van der Waals surface area contributed by atoms with E-state index in [1.54, 1.807) is 39.0 Å². The topological polar surface area (TPSA) is 83.1 Å². The van der Waals surface area contributed by atoms with Crippen molar-refractivity contribution in [2.45, 2.75) is 58.2 Å². The second-order valence-electron chi connectivity index (χ2n) is 11.5. The molecule has 0 bridgehead atoms. The van der Waals surface area contributed by atoms with Gasteiger partial charge in [-0.2, -0.15) is 0 Å².